The van der Waals surface area contributed by atoms with Gasteiger partial charge in [-0.05, 0) is 101 Å². The predicted octanol–water partition coefficient (Wildman–Crippen LogP) is 4.95. The molecule has 1 aromatic heterocycles. The number of hydrogen-bond donors (Lipinski definition) is 3. The summed E-state index contributed by atoms with van der Waals surface area (Å²) in [5.41, 5.74) is 9.66. The Balaban J connectivity index is 1.20. The summed E-state index contributed by atoms with van der Waals surface area (Å²) in [6.07, 6.45) is 13.9. The highest BCUT2D eigenvalue weighted by atomic mass is 16.5. The smallest absolute Gasteiger partial charge is 0.244 e. The Bertz CT molecular complexity index is 990. The first-order chi connectivity index (χ1) is 17.1. The van der Waals surface area contributed by atoms with E-state index >= 15 is 0 Å². The Kier molecular flexibility index (Phi) is 8.91. The van der Waals surface area contributed by atoms with Crippen LogP contribution in [0.2, 0.25) is 0 Å². The largest absolute Gasteiger partial charge is 0.496 e. The lowest BCUT2D eigenvalue weighted by Crippen LogP contribution is -2.41. The first-order valence-electron chi connectivity index (χ1n) is 13.4. The number of amides is 1. The summed E-state index contributed by atoms with van der Waals surface area (Å²) >= 11 is 0. The molecule has 0 radical (unpaired) electrons. The van der Waals surface area contributed by atoms with Crippen LogP contribution in [0.4, 0.5) is 5.82 Å². The molecule has 6 nitrogen and oxygen atoms in total. The number of nitrogen functional groups attached to an aromatic ring is 1. The molecule has 1 amide bonds. The molecule has 4 rings (SSSR count). The molecule has 4 N–H and O–H groups in total. The zero-order valence-corrected chi connectivity index (χ0v) is 21.4. The lowest BCUT2D eigenvalue weighted by molar-refractivity contribution is -0.117. The van der Waals surface area contributed by atoms with Crippen molar-refractivity contribution in [2.24, 2.45) is 5.92 Å². The SMILES string of the molecule is CCCN(CCC1CCC(NC(=O)C=Cc2ccccc2OC)CC1)C1CCc2[nH]c(N)cc2C1. The number of ether oxygens (including phenoxy) is 1. The molecule has 1 heterocycles. The van der Waals surface area contributed by atoms with Crippen LogP contribution in [-0.4, -0.2) is 48.1 Å². The van der Waals surface area contributed by atoms with Gasteiger partial charge in [0.1, 0.15) is 11.6 Å². The molecule has 2 aliphatic rings. The average molecular weight is 479 g/mol. The lowest BCUT2D eigenvalue weighted by atomic mass is 9.83. The number of nitrogens with one attached hydrogen (secondary N) is 2. The van der Waals surface area contributed by atoms with Crippen molar-refractivity contribution in [1.82, 2.24) is 15.2 Å². The molecular weight excluding hydrogens is 436 g/mol. The number of rotatable bonds is 10. The van der Waals surface area contributed by atoms with E-state index in [2.05, 4.69) is 28.2 Å². The number of nitrogens with zero attached hydrogens (tertiary/aromatic N) is 1. The topological polar surface area (TPSA) is 83.4 Å². The number of anilines is 1. The van der Waals surface area contributed by atoms with Crippen LogP contribution in [0.3, 0.4) is 0 Å². The normalized spacial score (nSPS) is 22.3. The molecule has 0 bridgehead atoms. The van der Waals surface area contributed by atoms with Crippen molar-refractivity contribution in [3.05, 3.63) is 53.2 Å². The molecule has 1 saturated carbocycles. The maximum Gasteiger partial charge on any atom is 0.244 e. The van der Waals surface area contributed by atoms with Gasteiger partial charge < -0.3 is 25.7 Å². The minimum Gasteiger partial charge on any atom is -0.496 e. The van der Waals surface area contributed by atoms with E-state index in [0.717, 1.165) is 48.7 Å². The van der Waals surface area contributed by atoms with Crippen molar-refractivity contribution >= 4 is 17.8 Å². The van der Waals surface area contributed by atoms with Crippen LogP contribution in [0, 0.1) is 5.92 Å². The molecule has 1 unspecified atom stereocenters. The van der Waals surface area contributed by atoms with Gasteiger partial charge >= 0.3 is 0 Å². The highest BCUT2D eigenvalue weighted by Gasteiger charge is 2.27. The van der Waals surface area contributed by atoms with Crippen molar-refractivity contribution in [2.75, 3.05) is 25.9 Å². The third-order valence-corrected chi connectivity index (χ3v) is 7.79. The lowest BCUT2D eigenvalue weighted by Gasteiger charge is -2.36. The summed E-state index contributed by atoms with van der Waals surface area (Å²) in [7, 11) is 1.65. The van der Waals surface area contributed by atoms with E-state index < -0.39 is 0 Å². The van der Waals surface area contributed by atoms with Crippen LogP contribution in [-0.2, 0) is 17.6 Å². The van der Waals surface area contributed by atoms with Crippen LogP contribution in [0.15, 0.2) is 36.4 Å². The number of benzene rings is 1. The molecule has 190 valence electrons. The highest BCUT2D eigenvalue weighted by Crippen LogP contribution is 2.30. The van der Waals surface area contributed by atoms with Gasteiger partial charge in [0, 0.05) is 29.4 Å². The summed E-state index contributed by atoms with van der Waals surface area (Å²) in [4.78, 5) is 18.5. The fourth-order valence-corrected chi connectivity index (χ4v) is 5.88. The van der Waals surface area contributed by atoms with E-state index in [1.807, 2.05) is 30.3 Å². The van der Waals surface area contributed by atoms with Crippen molar-refractivity contribution in [1.29, 1.82) is 0 Å². The van der Waals surface area contributed by atoms with E-state index in [9.17, 15) is 4.79 Å². The van der Waals surface area contributed by atoms with E-state index in [4.69, 9.17) is 10.5 Å². The maximum atomic E-state index is 12.5. The summed E-state index contributed by atoms with van der Waals surface area (Å²) in [5, 5.41) is 3.21. The number of methoxy groups -OCH3 is 1. The standard InChI is InChI=1S/C29H42N4O2/c1-3-17-33(25-13-14-26-23(19-25)20-28(30)32-26)18-16-21-8-11-24(12-9-21)31-29(34)15-10-22-6-4-5-7-27(22)35-2/h4-7,10,15,20-21,24-25,32H,3,8-9,11-14,16-19,30H2,1-2H3,(H,31,34). The molecule has 1 atom stereocenters. The van der Waals surface area contributed by atoms with Gasteiger partial charge in [0.05, 0.1) is 7.11 Å². The quantitative estimate of drug-likeness (QED) is 0.422. The number of aryl methyl sites for hydroxylation is 1. The van der Waals surface area contributed by atoms with Gasteiger partial charge in [-0.3, -0.25) is 4.79 Å². The number of aromatic amines is 1. The van der Waals surface area contributed by atoms with Gasteiger partial charge in [-0.25, -0.2) is 0 Å². The van der Waals surface area contributed by atoms with E-state index in [-0.39, 0.29) is 11.9 Å². The fourth-order valence-electron chi connectivity index (χ4n) is 5.88. The molecule has 6 heteroatoms. The number of para-hydroxylation sites is 1. The van der Waals surface area contributed by atoms with Crippen LogP contribution in [0.1, 0.15) is 68.7 Å². The molecule has 0 aliphatic heterocycles. The van der Waals surface area contributed by atoms with Gasteiger partial charge in [-0.2, -0.15) is 0 Å². The van der Waals surface area contributed by atoms with E-state index in [1.165, 1.54) is 56.5 Å². The Labute approximate surface area is 210 Å². The van der Waals surface area contributed by atoms with Crippen molar-refractivity contribution < 1.29 is 9.53 Å². The van der Waals surface area contributed by atoms with Gasteiger partial charge in [-0.15, -0.1) is 0 Å². The second-order valence-corrected chi connectivity index (χ2v) is 10.3. The zero-order valence-electron chi connectivity index (χ0n) is 21.4. The predicted molar refractivity (Wildman–Crippen MR) is 143 cm³/mol. The number of carbonyl (C=O) groups excluding carboxylic acids is 1. The van der Waals surface area contributed by atoms with Crippen LogP contribution in [0.25, 0.3) is 6.08 Å². The fraction of sp³-hybridized carbons (Fsp3) is 0.552. The third-order valence-electron chi connectivity index (χ3n) is 7.79. The summed E-state index contributed by atoms with van der Waals surface area (Å²) in [5.74, 6) is 2.32. The second-order valence-electron chi connectivity index (χ2n) is 10.3. The summed E-state index contributed by atoms with van der Waals surface area (Å²) in [6.45, 7) is 4.63. The number of carbonyl (C=O) groups is 1. The molecule has 1 aromatic carbocycles. The van der Waals surface area contributed by atoms with Gasteiger partial charge in [0.2, 0.25) is 5.91 Å². The Morgan fingerprint density at radius 2 is 2.00 bits per heavy atom. The van der Waals surface area contributed by atoms with Crippen LogP contribution < -0.4 is 15.8 Å². The number of H-pyrrole nitrogens is 1. The van der Waals surface area contributed by atoms with Crippen LogP contribution >= 0.6 is 0 Å². The summed E-state index contributed by atoms with van der Waals surface area (Å²) in [6, 6.07) is 10.8. The Morgan fingerprint density at radius 3 is 2.77 bits per heavy atom. The molecule has 0 spiro atoms. The molecular formula is C29H42N4O2. The number of aromatic nitrogens is 1. The minimum atomic E-state index is -0.0180. The second kappa shape index (κ2) is 12.3. The Hall–Kier alpha value is -2.73. The minimum absolute atomic E-state index is 0.0180. The average Bonchev–Trinajstić information content (AvgIpc) is 3.25. The van der Waals surface area contributed by atoms with Gasteiger partial charge in [0.25, 0.3) is 0 Å². The van der Waals surface area contributed by atoms with Crippen molar-refractivity contribution in [3.8, 4) is 5.75 Å². The molecule has 0 saturated heterocycles. The van der Waals surface area contributed by atoms with E-state index in [0.29, 0.717) is 6.04 Å². The van der Waals surface area contributed by atoms with Crippen molar-refractivity contribution in [3.63, 3.8) is 0 Å². The zero-order chi connectivity index (χ0) is 24.6. The first kappa shape index (κ1) is 25.4. The molecule has 1 fully saturated rings. The number of hydrogen-bond acceptors (Lipinski definition) is 4. The molecule has 2 aliphatic carbocycles. The monoisotopic (exact) mass is 478 g/mol. The molecule has 2 aromatic rings. The number of fused-ring (bicyclic) bond motifs is 1. The summed E-state index contributed by atoms with van der Waals surface area (Å²) < 4.78 is 5.36. The van der Waals surface area contributed by atoms with Crippen LogP contribution in [0.5, 0.6) is 5.75 Å². The third kappa shape index (κ3) is 6.91. The van der Waals surface area contributed by atoms with E-state index in [1.54, 1.807) is 13.2 Å². The van der Waals surface area contributed by atoms with Crippen molar-refractivity contribution in [2.45, 2.75) is 76.8 Å². The highest BCUT2D eigenvalue weighted by molar-refractivity contribution is 5.92. The molecule has 35 heavy (non-hydrogen) atoms. The maximum absolute atomic E-state index is 12.5. The van der Waals surface area contributed by atoms with Gasteiger partial charge in [-0.1, -0.05) is 25.1 Å². The first-order valence-corrected chi connectivity index (χ1v) is 13.4. The van der Waals surface area contributed by atoms with Gasteiger partial charge in [0.15, 0.2) is 0 Å². The number of nitrogens with two attached hydrogens (primary N) is 1. The Morgan fingerprint density at radius 1 is 1.20 bits per heavy atom.